The van der Waals surface area contributed by atoms with E-state index in [2.05, 4.69) is 20.1 Å². The number of benzene rings is 1. The predicted molar refractivity (Wildman–Crippen MR) is 81.1 cm³/mol. The van der Waals surface area contributed by atoms with Gasteiger partial charge in [-0.15, -0.1) is 0 Å². The van der Waals surface area contributed by atoms with Gasteiger partial charge in [-0.1, -0.05) is 17.6 Å². The number of aromatic nitrogens is 4. The third-order valence-corrected chi connectivity index (χ3v) is 4.48. The Bertz CT molecular complexity index is 905. The van der Waals surface area contributed by atoms with Gasteiger partial charge in [0.2, 0.25) is 17.5 Å². The maximum atomic E-state index is 14.3. The number of aryl methyl sites for hydroxylation is 1. The van der Waals surface area contributed by atoms with Gasteiger partial charge >= 0.3 is 0 Å². The minimum atomic E-state index is -0.702. The first-order valence-corrected chi connectivity index (χ1v) is 7.68. The molecular formula is C17H14F2N4O. The molecule has 0 radical (unpaired) electrons. The van der Waals surface area contributed by atoms with E-state index in [1.807, 2.05) is 6.92 Å². The van der Waals surface area contributed by atoms with Gasteiger partial charge in [0.25, 0.3) is 0 Å². The molecule has 0 amide bonds. The van der Waals surface area contributed by atoms with E-state index in [9.17, 15) is 8.78 Å². The molecular weight excluding hydrogens is 314 g/mol. The number of halogens is 2. The molecule has 0 bridgehead atoms. The lowest BCUT2D eigenvalue weighted by Crippen LogP contribution is -2.36. The molecule has 0 spiro atoms. The van der Waals surface area contributed by atoms with Gasteiger partial charge in [0, 0.05) is 23.5 Å². The summed E-state index contributed by atoms with van der Waals surface area (Å²) in [5.41, 5.74) is 0.470. The van der Waals surface area contributed by atoms with Crippen molar-refractivity contribution in [3.05, 3.63) is 59.2 Å². The molecule has 0 aliphatic heterocycles. The second kappa shape index (κ2) is 5.43. The number of hydrogen-bond donors (Lipinski definition) is 0. The van der Waals surface area contributed by atoms with Crippen LogP contribution in [0.25, 0.3) is 11.6 Å². The molecule has 0 atom stereocenters. The summed E-state index contributed by atoms with van der Waals surface area (Å²) in [5, 5.41) is 3.94. The summed E-state index contributed by atoms with van der Waals surface area (Å²) < 4.78 is 32.9. The highest BCUT2D eigenvalue weighted by Gasteiger charge is 2.47. The standard InChI is InChI=1S/C17H14F2N4O/c1-10-5-8-20-14(21-10)15-22-16(24-23-15)17(6-2-7-17)12-4-3-11(18)9-13(12)19/h3-5,8-9H,2,6-7H2,1H3. The molecule has 7 heteroatoms. The second-order valence-electron chi connectivity index (χ2n) is 6.00. The Labute approximate surface area is 136 Å². The molecule has 1 aliphatic rings. The third-order valence-electron chi connectivity index (χ3n) is 4.48. The van der Waals surface area contributed by atoms with Crippen LogP contribution < -0.4 is 0 Å². The molecule has 4 rings (SSSR count). The number of rotatable bonds is 3. The van der Waals surface area contributed by atoms with Gasteiger partial charge in [-0.2, -0.15) is 4.98 Å². The topological polar surface area (TPSA) is 64.7 Å². The van der Waals surface area contributed by atoms with Crippen LogP contribution in [0, 0.1) is 18.6 Å². The zero-order valence-electron chi connectivity index (χ0n) is 13.0. The highest BCUT2D eigenvalue weighted by molar-refractivity contribution is 5.44. The van der Waals surface area contributed by atoms with Crippen LogP contribution in [0.1, 0.15) is 36.4 Å². The van der Waals surface area contributed by atoms with E-state index in [0.717, 1.165) is 18.2 Å². The predicted octanol–water partition coefficient (Wildman–Crippen LogP) is 3.58. The monoisotopic (exact) mass is 328 g/mol. The molecule has 3 aromatic rings. The fourth-order valence-corrected chi connectivity index (χ4v) is 3.07. The van der Waals surface area contributed by atoms with Crippen molar-refractivity contribution in [1.29, 1.82) is 0 Å². The van der Waals surface area contributed by atoms with Crippen molar-refractivity contribution in [1.82, 2.24) is 20.1 Å². The first-order chi connectivity index (χ1) is 11.6. The van der Waals surface area contributed by atoms with Gasteiger partial charge in [0.15, 0.2) is 0 Å². The van der Waals surface area contributed by atoms with Crippen LogP contribution in [0.2, 0.25) is 0 Å². The summed E-state index contributed by atoms with van der Waals surface area (Å²) in [4.78, 5) is 12.8. The highest BCUT2D eigenvalue weighted by Crippen LogP contribution is 2.49. The molecule has 0 unspecified atom stereocenters. The smallest absolute Gasteiger partial charge is 0.240 e. The summed E-state index contributed by atoms with van der Waals surface area (Å²) in [6.07, 6.45) is 3.87. The van der Waals surface area contributed by atoms with Crippen molar-refractivity contribution in [3.8, 4) is 11.6 Å². The molecule has 0 saturated heterocycles. The maximum absolute atomic E-state index is 14.3. The Morgan fingerprint density at radius 2 is 1.92 bits per heavy atom. The average molecular weight is 328 g/mol. The van der Waals surface area contributed by atoms with Gasteiger partial charge in [-0.25, -0.2) is 18.7 Å². The van der Waals surface area contributed by atoms with E-state index in [4.69, 9.17) is 4.52 Å². The Kier molecular flexibility index (Phi) is 3.37. The second-order valence-corrected chi connectivity index (χ2v) is 6.00. The van der Waals surface area contributed by atoms with Crippen molar-refractivity contribution in [2.24, 2.45) is 0 Å². The van der Waals surface area contributed by atoms with E-state index in [1.165, 1.54) is 12.1 Å². The van der Waals surface area contributed by atoms with E-state index >= 15 is 0 Å². The minimum Gasteiger partial charge on any atom is -0.338 e. The zero-order valence-corrected chi connectivity index (χ0v) is 13.0. The minimum absolute atomic E-state index is 0.266. The fourth-order valence-electron chi connectivity index (χ4n) is 3.07. The first kappa shape index (κ1) is 14.9. The molecule has 24 heavy (non-hydrogen) atoms. The molecule has 1 aliphatic carbocycles. The molecule has 5 nitrogen and oxygen atoms in total. The summed E-state index contributed by atoms with van der Waals surface area (Å²) in [6.45, 7) is 1.84. The third kappa shape index (κ3) is 2.28. The highest BCUT2D eigenvalue weighted by atomic mass is 19.1. The Morgan fingerprint density at radius 3 is 2.58 bits per heavy atom. The quantitative estimate of drug-likeness (QED) is 0.735. The van der Waals surface area contributed by atoms with Crippen molar-refractivity contribution >= 4 is 0 Å². The van der Waals surface area contributed by atoms with E-state index in [-0.39, 0.29) is 5.82 Å². The largest absolute Gasteiger partial charge is 0.338 e. The van der Waals surface area contributed by atoms with Crippen LogP contribution >= 0.6 is 0 Å². The lowest BCUT2D eigenvalue weighted by molar-refractivity contribution is 0.211. The van der Waals surface area contributed by atoms with Crippen LogP contribution in [-0.4, -0.2) is 20.1 Å². The SMILES string of the molecule is Cc1ccnc(-c2noc(C3(c4ccc(F)cc4F)CCC3)n2)n1. The van der Waals surface area contributed by atoms with Crippen molar-refractivity contribution < 1.29 is 13.3 Å². The van der Waals surface area contributed by atoms with Crippen molar-refractivity contribution in [3.63, 3.8) is 0 Å². The van der Waals surface area contributed by atoms with Gasteiger partial charge in [0.1, 0.15) is 11.6 Å². The van der Waals surface area contributed by atoms with Gasteiger partial charge in [-0.05, 0) is 31.9 Å². The summed E-state index contributed by atoms with van der Waals surface area (Å²) in [6, 6.07) is 5.36. The first-order valence-electron chi connectivity index (χ1n) is 7.68. The zero-order chi connectivity index (χ0) is 16.7. The molecule has 122 valence electrons. The lowest BCUT2D eigenvalue weighted by atomic mass is 9.64. The van der Waals surface area contributed by atoms with Crippen LogP contribution in [0.5, 0.6) is 0 Å². The van der Waals surface area contributed by atoms with Crippen LogP contribution in [-0.2, 0) is 5.41 Å². The summed E-state index contributed by atoms with van der Waals surface area (Å²) >= 11 is 0. The Balaban J connectivity index is 1.77. The van der Waals surface area contributed by atoms with Gasteiger partial charge in [0.05, 0.1) is 5.41 Å². The molecule has 1 aromatic carbocycles. The van der Waals surface area contributed by atoms with Gasteiger partial charge < -0.3 is 4.52 Å². The molecule has 2 aromatic heterocycles. The van der Waals surface area contributed by atoms with E-state index < -0.39 is 17.0 Å². The molecule has 1 saturated carbocycles. The fraction of sp³-hybridized carbons (Fsp3) is 0.294. The van der Waals surface area contributed by atoms with Gasteiger partial charge in [-0.3, -0.25) is 0 Å². The molecule has 0 N–H and O–H groups in total. The van der Waals surface area contributed by atoms with Crippen molar-refractivity contribution in [2.75, 3.05) is 0 Å². The number of nitrogens with zero attached hydrogens (tertiary/aromatic N) is 4. The Morgan fingerprint density at radius 1 is 1.08 bits per heavy atom. The van der Waals surface area contributed by atoms with E-state index in [1.54, 1.807) is 12.3 Å². The Hall–Kier alpha value is -2.70. The maximum Gasteiger partial charge on any atom is 0.240 e. The molecule has 2 heterocycles. The van der Waals surface area contributed by atoms with Crippen LogP contribution in [0.3, 0.4) is 0 Å². The van der Waals surface area contributed by atoms with Crippen LogP contribution in [0.15, 0.2) is 35.0 Å². The van der Waals surface area contributed by atoms with E-state index in [0.29, 0.717) is 30.1 Å². The average Bonchev–Trinajstić information content (AvgIpc) is 2.98. The summed E-state index contributed by atoms with van der Waals surface area (Å²) in [7, 11) is 0. The van der Waals surface area contributed by atoms with Crippen molar-refractivity contribution in [2.45, 2.75) is 31.6 Å². The summed E-state index contributed by atoms with van der Waals surface area (Å²) in [5.74, 6) is -0.257. The molecule has 1 fully saturated rings. The van der Waals surface area contributed by atoms with Crippen LogP contribution in [0.4, 0.5) is 8.78 Å². The normalized spacial score (nSPS) is 16.0. The lowest BCUT2D eigenvalue weighted by Gasteiger charge is -2.38. The number of hydrogen-bond acceptors (Lipinski definition) is 5.